The summed E-state index contributed by atoms with van der Waals surface area (Å²) in [6, 6.07) is 5.69. The summed E-state index contributed by atoms with van der Waals surface area (Å²) >= 11 is 0. The summed E-state index contributed by atoms with van der Waals surface area (Å²) in [7, 11) is 3.75. The molecule has 0 spiro atoms. The predicted octanol–water partition coefficient (Wildman–Crippen LogP) is 1.53. The summed E-state index contributed by atoms with van der Waals surface area (Å²) in [6.45, 7) is 2.42. The molecule has 0 aliphatic carbocycles. The Balaban J connectivity index is 2.47. The fourth-order valence-corrected chi connectivity index (χ4v) is 2.23. The maximum absolute atomic E-state index is 11.6. The number of aliphatic carboxylic acids is 1. The predicted molar refractivity (Wildman–Crippen MR) is 74.2 cm³/mol. The molecule has 1 atom stereocenters. The number of aromatic nitrogens is 2. The third kappa shape index (κ3) is 2.33. The number of fused-ring (bicyclic) bond motifs is 1. The van der Waals surface area contributed by atoms with Crippen molar-refractivity contribution in [3.8, 4) is 0 Å². The van der Waals surface area contributed by atoms with Gasteiger partial charge in [-0.1, -0.05) is 6.07 Å². The first kappa shape index (κ1) is 13.5. The Kier molecular flexibility index (Phi) is 3.57. The number of carboxylic acids is 1. The van der Waals surface area contributed by atoms with E-state index in [1.807, 2.05) is 36.9 Å². The maximum atomic E-state index is 11.6. The second kappa shape index (κ2) is 5.01. The van der Waals surface area contributed by atoms with Crippen LogP contribution in [0.25, 0.3) is 11.0 Å². The summed E-state index contributed by atoms with van der Waals surface area (Å²) in [5.41, 5.74) is 1.73. The Morgan fingerprint density at radius 2 is 2.26 bits per heavy atom. The van der Waals surface area contributed by atoms with Crippen LogP contribution in [0.1, 0.15) is 18.9 Å². The molecule has 5 heteroatoms. The molecule has 2 aromatic rings. The Morgan fingerprint density at radius 3 is 2.89 bits per heavy atom. The third-order valence-electron chi connectivity index (χ3n) is 3.71. The van der Waals surface area contributed by atoms with Crippen LogP contribution in [0.5, 0.6) is 0 Å². The van der Waals surface area contributed by atoms with Crippen molar-refractivity contribution in [3.63, 3.8) is 0 Å². The van der Waals surface area contributed by atoms with Gasteiger partial charge in [0.2, 0.25) is 0 Å². The minimum Gasteiger partial charge on any atom is -0.481 e. The molecule has 0 radical (unpaired) electrons. The first-order valence-corrected chi connectivity index (χ1v) is 6.28. The fourth-order valence-electron chi connectivity index (χ4n) is 2.23. The standard InChI is InChI=1S/C14H19N3O2/c1-14(13(18)19,6-7-15-2)10-4-5-12-11(8-10)16-9-17(12)3/h4-5,8-9,15H,6-7H2,1-3H3,(H,18,19). The van der Waals surface area contributed by atoms with Crippen molar-refractivity contribution < 1.29 is 9.90 Å². The van der Waals surface area contributed by atoms with Gasteiger partial charge in [-0.15, -0.1) is 0 Å². The van der Waals surface area contributed by atoms with E-state index in [2.05, 4.69) is 10.3 Å². The van der Waals surface area contributed by atoms with E-state index in [0.29, 0.717) is 13.0 Å². The van der Waals surface area contributed by atoms with E-state index >= 15 is 0 Å². The minimum atomic E-state index is -0.894. The van der Waals surface area contributed by atoms with Crippen molar-refractivity contribution in [2.75, 3.05) is 13.6 Å². The van der Waals surface area contributed by atoms with Gasteiger partial charge >= 0.3 is 5.97 Å². The van der Waals surface area contributed by atoms with Crippen molar-refractivity contribution in [1.82, 2.24) is 14.9 Å². The molecular formula is C14H19N3O2. The van der Waals surface area contributed by atoms with E-state index < -0.39 is 11.4 Å². The van der Waals surface area contributed by atoms with Gasteiger partial charge in [-0.05, 0) is 44.6 Å². The molecule has 0 saturated heterocycles. The zero-order valence-electron chi connectivity index (χ0n) is 11.5. The molecule has 1 unspecified atom stereocenters. The van der Waals surface area contributed by atoms with Crippen molar-refractivity contribution in [1.29, 1.82) is 0 Å². The lowest BCUT2D eigenvalue weighted by atomic mass is 9.79. The molecule has 1 heterocycles. The number of aryl methyl sites for hydroxylation is 1. The van der Waals surface area contributed by atoms with E-state index in [0.717, 1.165) is 16.6 Å². The van der Waals surface area contributed by atoms with Gasteiger partial charge in [0.05, 0.1) is 22.8 Å². The molecule has 0 saturated carbocycles. The number of hydrogen-bond donors (Lipinski definition) is 2. The van der Waals surface area contributed by atoms with Crippen LogP contribution in [0, 0.1) is 0 Å². The van der Waals surface area contributed by atoms with Gasteiger partial charge < -0.3 is 15.0 Å². The van der Waals surface area contributed by atoms with Gasteiger partial charge in [0, 0.05) is 7.05 Å². The monoisotopic (exact) mass is 261 g/mol. The number of nitrogens with one attached hydrogen (secondary N) is 1. The first-order chi connectivity index (χ1) is 8.99. The van der Waals surface area contributed by atoms with Gasteiger partial charge in [0.25, 0.3) is 0 Å². The second-order valence-corrected chi connectivity index (χ2v) is 5.05. The fraction of sp³-hybridized carbons (Fsp3) is 0.429. The van der Waals surface area contributed by atoms with Gasteiger partial charge in [-0.25, -0.2) is 4.98 Å². The summed E-state index contributed by atoms with van der Waals surface area (Å²) in [4.78, 5) is 15.9. The lowest BCUT2D eigenvalue weighted by molar-refractivity contribution is -0.143. The van der Waals surface area contributed by atoms with Crippen LogP contribution in [0.15, 0.2) is 24.5 Å². The minimum absolute atomic E-state index is 0.539. The smallest absolute Gasteiger partial charge is 0.313 e. The van der Waals surface area contributed by atoms with Gasteiger partial charge in [-0.3, -0.25) is 4.79 Å². The second-order valence-electron chi connectivity index (χ2n) is 5.05. The van der Waals surface area contributed by atoms with Crippen molar-refractivity contribution in [2.45, 2.75) is 18.8 Å². The molecule has 2 rings (SSSR count). The van der Waals surface area contributed by atoms with Crippen LogP contribution in [0.3, 0.4) is 0 Å². The maximum Gasteiger partial charge on any atom is 0.313 e. The zero-order valence-corrected chi connectivity index (χ0v) is 11.5. The molecule has 19 heavy (non-hydrogen) atoms. The van der Waals surface area contributed by atoms with Crippen LogP contribution in [-0.2, 0) is 17.3 Å². The highest BCUT2D eigenvalue weighted by Gasteiger charge is 2.34. The van der Waals surface area contributed by atoms with Gasteiger partial charge in [-0.2, -0.15) is 0 Å². The van der Waals surface area contributed by atoms with Crippen LogP contribution in [0.4, 0.5) is 0 Å². The molecule has 2 N–H and O–H groups in total. The van der Waals surface area contributed by atoms with Crippen LogP contribution in [0.2, 0.25) is 0 Å². The molecule has 0 amide bonds. The molecule has 102 valence electrons. The Hall–Kier alpha value is -1.88. The number of carboxylic acid groups (broad SMARTS) is 1. The van der Waals surface area contributed by atoms with Crippen LogP contribution >= 0.6 is 0 Å². The lowest BCUT2D eigenvalue weighted by Gasteiger charge is -2.25. The van der Waals surface area contributed by atoms with Crippen molar-refractivity contribution in [2.24, 2.45) is 7.05 Å². The van der Waals surface area contributed by atoms with Crippen LogP contribution in [-0.4, -0.2) is 34.2 Å². The summed E-state index contributed by atoms with van der Waals surface area (Å²) in [5.74, 6) is -0.807. The van der Waals surface area contributed by atoms with E-state index in [4.69, 9.17) is 0 Å². The molecule has 0 aliphatic rings. The van der Waals surface area contributed by atoms with Gasteiger partial charge in [0.1, 0.15) is 0 Å². The quantitative estimate of drug-likeness (QED) is 0.856. The number of nitrogens with zero attached hydrogens (tertiary/aromatic N) is 2. The number of benzene rings is 1. The van der Waals surface area contributed by atoms with Gasteiger partial charge in [0.15, 0.2) is 0 Å². The molecule has 1 aromatic heterocycles. The lowest BCUT2D eigenvalue weighted by Crippen LogP contribution is -2.35. The first-order valence-electron chi connectivity index (χ1n) is 6.28. The normalized spacial score (nSPS) is 14.5. The SMILES string of the molecule is CNCCC(C)(C(=O)O)c1ccc2c(c1)ncn2C. The molecule has 0 fully saturated rings. The molecule has 0 bridgehead atoms. The largest absolute Gasteiger partial charge is 0.481 e. The van der Waals surface area contributed by atoms with E-state index in [-0.39, 0.29) is 0 Å². The van der Waals surface area contributed by atoms with Crippen LogP contribution < -0.4 is 5.32 Å². The highest BCUT2D eigenvalue weighted by molar-refractivity contribution is 5.84. The Bertz CT molecular complexity index is 606. The topological polar surface area (TPSA) is 67.2 Å². The third-order valence-corrected chi connectivity index (χ3v) is 3.71. The van der Waals surface area contributed by atoms with Crippen molar-refractivity contribution >= 4 is 17.0 Å². The van der Waals surface area contributed by atoms with E-state index in [1.54, 1.807) is 13.3 Å². The van der Waals surface area contributed by atoms with Crippen molar-refractivity contribution in [3.05, 3.63) is 30.1 Å². The highest BCUT2D eigenvalue weighted by atomic mass is 16.4. The number of imidazole rings is 1. The average molecular weight is 261 g/mol. The summed E-state index contributed by atoms with van der Waals surface area (Å²) in [6.07, 6.45) is 2.28. The molecular weight excluding hydrogens is 242 g/mol. The molecule has 5 nitrogen and oxygen atoms in total. The Labute approximate surface area is 112 Å². The number of hydrogen-bond acceptors (Lipinski definition) is 3. The molecule has 0 aliphatic heterocycles. The highest BCUT2D eigenvalue weighted by Crippen LogP contribution is 2.30. The zero-order chi connectivity index (χ0) is 14.0. The summed E-state index contributed by atoms with van der Waals surface area (Å²) in [5, 5.41) is 12.5. The van der Waals surface area contributed by atoms with E-state index in [1.165, 1.54) is 0 Å². The van der Waals surface area contributed by atoms with E-state index in [9.17, 15) is 9.90 Å². The number of carbonyl (C=O) groups is 1. The number of rotatable bonds is 5. The molecule has 1 aromatic carbocycles. The Morgan fingerprint density at radius 1 is 1.53 bits per heavy atom. The average Bonchev–Trinajstić information content (AvgIpc) is 2.77. The summed E-state index contributed by atoms with van der Waals surface area (Å²) < 4.78 is 1.92.